The molecule has 67 valence electrons. The van der Waals surface area contributed by atoms with Gasteiger partial charge in [-0.05, 0) is 24.1 Å². The standard InChI is InChI=1S/C12H12Cl/c1-4-9(3)11-7-6-8-12(13)10(11)5-2/h4-9H,1-3H2. The second-order valence-electron chi connectivity index (χ2n) is 2.79. The highest BCUT2D eigenvalue weighted by Crippen LogP contribution is 2.27. The molecule has 0 bridgehead atoms. The summed E-state index contributed by atoms with van der Waals surface area (Å²) in [6, 6.07) is 5.74. The van der Waals surface area contributed by atoms with Gasteiger partial charge in [0.1, 0.15) is 0 Å². The molecule has 0 aliphatic rings. The Hall–Kier alpha value is -1.01. The van der Waals surface area contributed by atoms with E-state index in [0.29, 0.717) is 5.02 Å². The van der Waals surface area contributed by atoms with Crippen molar-refractivity contribution in [3.8, 4) is 0 Å². The van der Waals surface area contributed by atoms with E-state index in [2.05, 4.69) is 20.1 Å². The predicted molar refractivity (Wildman–Crippen MR) is 59.8 cm³/mol. The van der Waals surface area contributed by atoms with Gasteiger partial charge in [-0.1, -0.05) is 42.5 Å². The molecule has 0 aliphatic carbocycles. The Morgan fingerprint density at radius 1 is 1.31 bits per heavy atom. The van der Waals surface area contributed by atoms with Crippen LogP contribution in [0.5, 0.6) is 0 Å². The zero-order valence-corrected chi connectivity index (χ0v) is 8.22. The maximum absolute atomic E-state index is 6.00. The van der Waals surface area contributed by atoms with E-state index in [0.717, 1.165) is 11.1 Å². The van der Waals surface area contributed by atoms with Crippen molar-refractivity contribution in [3.05, 3.63) is 60.5 Å². The number of hydrogen-bond acceptors (Lipinski definition) is 0. The van der Waals surface area contributed by atoms with Crippen LogP contribution in [0.2, 0.25) is 5.02 Å². The molecule has 0 aliphatic heterocycles. The fraction of sp³-hybridized carbons (Fsp3) is 0.0833. The molecule has 0 saturated heterocycles. The van der Waals surface area contributed by atoms with Crippen LogP contribution in [0.25, 0.3) is 6.08 Å². The molecule has 0 aromatic heterocycles. The normalized spacial score (nSPS) is 12.2. The number of allylic oxidation sites excluding steroid dienone is 1. The third-order valence-corrected chi connectivity index (χ3v) is 2.30. The van der Waals surface area contributed by atoms with Crippen LogP contribution in [0.1, 0.15) is 17.0 Å². The van der Waals surface area contributed by atoms with Crippen molar-refractivity contribution in [2.75, 3.05) is 0 Å². The summed E-state index contributed by atoms with van der Waals surface area (Å²) in [7, 11) is 0. The summed E-state index contributed by atoms with van der Waals surface area (Å²) in [5.74, 6) is 0.0618. The Balaban J connectivity index is 3.27. The van der Waals surface area contributed by atoms with Gasteiger partial charge < -0.3 is 0 Å². The number of hydrogen-bond donors (Lipinski definition) is 0. The first-order chi connectivity index (χ1) is 6.20. The van der Waals surface area contributed by atoms with Crippen LogP contribution in [-0.4, -0.2) is 0 Å². The van der Waals surface area contributed by atoms with Crippen LogP contribution in [-0.2, 0) is 0 Å². The average Bonchev–Trinajstić information content (AvgIpc) is 2.16. The second-order valence-corrected chi connectivity index (χ2v) is 3.20. The van der Waals surface area contributed by atoms with Gasteiger partial charge in [0, 0.05) is 10.9 Å². The fourth-order valence-corrected chi connectivity index (χ4v) is 1.48. The SMILES string of the molecule is [CH2]C(C=C)c1cccc(Cl)c1C=C. The summed E-state index contributed by atoms with van der Waals surface area (Å²) in [6.07, 6.45) is 3.54. The van der Waals surface area contributed by atoms with E-state index in [9.17, 15) is 0 Å². The number of rotatable bonds is 3. The highest BCUT2D eigenvalue weighted by molar-refractivity contribution is 6.32. The van der Waals surface area contributed by atoms with Crippen LogP contribution in [0.4, 0.5) is 0 Å². The molecule has 0 fully saturated rings. The van der Waals surface area contributed by atoms with Crippen molar-refractivity contribution in [1.29, 1.82) is 0 Å². The Morgan fingerprint density at radius 2 is 2.00 bits per heavy atom. The molecule has 0 N–H and O–H groups in total. The maximum Gasteiger partial charge on any atom is 0.0481 e. The minimum Gasteiger partial charge on any atom is -0.102 e. The highest BCUT2D eigenvalue weighted by Gasteiger charge is 2.07. The maximum atomic E-state index is 6.00. The third kappa shape index (κ3) is 2.02. The van der Waals surface area contributed by atoms with Gasteiger partial charge in [0.15, 0.2) is 0 Å². The molecule has 1 aromatic carbocycles. The van der Waals surface area contributed by atoms with Gasteiger partial charge in [0.2, 0.25) is 0 Å². The first-order valence-corrected chi connectivity index (χ1v) is 4.45. The van der Waals surface area contributed by atoms with E-state index in [1.807, 2.05) is 18.2 Å². The molecule has 0 nitrogen and oxygen atoms in total. The molecule has 1 rings (SSSR count). The van der Waals surface area contributed by atoms with Crippen molar-refractivity contribution < 1.29 is 0 Å². The van der Waals surface area contributed by atoms with Crippen molar-refractivity contribution >= 4 is 17.7 Å². The van der Waals surface area contributed by atoms with Crippen molar-refractivity contribution in [3.63, 3.8) is 0 Å². The molecule has 0 spiro atoms. The lowest BCUT2D eigenvalue weighted by molar-refractivity contribution is 1.08. The van der Waals surface area contributed by atoms with E-state index in [1.165, 1.54) is 0 Å². The Kier molecular flexibility index (Phi) is 3.32. The summed E-state index contributed by atoms with van der Waals surface area (Å²) in [6.45, 7) is 11.4. The minimum absolute atomic E-state index is 0.0618. The van der Waals surface area contributed by atoms with Crippen LogP contribution in [0.3, 0.4) is 0 Å². The molecule has 1 heteroatoms. The van der Waals surface area contributed by atoms with Gasteiger partial charge in [-0.25, -0.2) is 0 Å². The first kappa shape index (κ1) is 10.1. The summed E-state index contributed by atoms with van der Waals surface area (Å²) < 4.78 is 0. The quantitative estimate of drug-likeness (QED) is 0.632. The molecule has 1 aromatic rings. The molecule has 13 heavy (non-hydrogen) atoms. The first-order valence-electron chi connectivity index (χ1n) is 4.07. The van der Waals surface area contributed by atoms with Crippen LogP contribution in [0, 0.1) is 6.92 Å². The van der Waals surface area contributed by atoms with Crippen LogP contribution in [0.15, 0.2) is 37.4 Å². The lowest BCUT2D eigenvalue weighted by Crippen LogP contribution is -1.93. The molecule has 0 heterocycles. The van der Waals surface area contributed by atoms with E-state index >= 15 is 0 Å². The highest BCUT2D eigenvalue weighted by atomic mass is 35.5. The summed E-state index contributed by atoms with van der Waals surface area (Å²) >= 11 is 6.00. The van der Waals surface area contributed by atoms with E-state index in [-0.39, 0.29) is 5.92 Å². The van der Waals surface area contributed by atoms with Crippen molar-refractivity contribution in [1.82, 2.24) is 0 Å². The monoisotopic (exact) mass is 191 g/mol. The number of benzene rings is 1. The van der Waals surface area contributed by atoms with Crippen LogP contribution >= 0.6 is 11.6 Å². The molecule has 1 unspecified atom stereocenters. The van der Waals surface area contributed by atoms with Gasteiger partial charge in [-0.3, -0.25) is 0 Å². The lowest BCUT2D eigenvalue weighted by Gasteiger charge is -2.11. The smallest absolute Gasteiger partial charge is 0.0481 e. The zero-order valence-electron chi connectivity index (χ0n) is 7.46. The predicted octanol–water partition coefficient (Wildman–Crippen LogP) is 4.09. The Bertz CT molecular complexity index is 326. The fourth-order valence-electron chi connectivity index (χ4n) is 1.22. The Labute approximate surface area is 84.5 Å². The molecular weight excluding hydrogens is 180 g/mol. The van der Waals surface area contributed by atoms with Gasteiger partial charge >= 0.3 is 0 Å². The second kappa shape index (κ2) is 4.29. The molecule has 1 atom stereocenters. The largest absolute Gasteiger partial charge is 0.102 e. The van der Waals surface area contributed by atoms with E-state index < -0.39 is 0 Å². The lowest BCUT2D eigenvalue weighted by atomic mass is 9.96. The number of halogens is 1. The average molecular weight is 192 g/mol. The molecule has 1 radical (unpaired) electrons. The van der Waals surface area contributed by atoms with Crippen LogP contribution < -0.4 is 0 Å². The van der Waals surface area contributed by atoms with Crippen molar-refractivity contribution in [2.45, 2.75) is 5.92 Å². The summed E-state index contributed by atoms with van der Waals surface area (Å²) in [5, 5.41) is 0.711. The van der Waals surface area contributed by atoms with E-state index in [4.69, 9.17) is 11.6 Å². The molecular formula is C12H12Cl. The van der Waals surface area contributed by atoms with Gasteiger partial charge in [-0.2, -0.15) is 0 Å². The zero-order chi connectivity index (χ0) is 9.84. The summed E-state index contributed by atoms with van der Waals surface area (Å²) in [4.78, 5) is 0. The third-order valence-electron chi connectivity index (χ3n) is 1.97. The summed E-state index contributed by atoms with van der Waals surface area (Å²) in [5.41, 5.74) is 2.02. The van der Waals surface area contributed by atoms with Gasteiger partial charge in [0.25, 0.3) is 0 Å². The van der Waals surface area contributed by atoms with E-state index in [1.54, 1.807) is 12.2 Å². The van der Waals surface area contributed by atoms with Gasteiger partial charge in [0.05, 0.1) is 0 Å². The minimum atomic E-state index is 0.0618. The van der Waals surface area contributed by atoms with Crippen molar-refractivity contribution in [2.24, 2.45) is 0 Å². The molecule has 0 amide bonds. The topological polar surface area (TPSA) is 0 Å². The Morgan fingerprint density at radius 3 is 2.54 bits per heavy atom. The van der Waals surface area contributed by atoms with Gasteiger partial charge in [-0.15, -0.1) is 6.58 Å². The molecule has 0 saturated carbocycles.